The molecular weight excluding hydrogens is 226 g/mol. The average molecular weight is 245 g/mol. The van der Waals surface area contributed by atoms with Crippen LogP contribution in [0.4, 0.5) is 5.95 Å². The largest absolute Gasteiger partial charge is 0.349 e. The van der Waals surface area contributed by atoms with Crippen molar-refractivity contribution < 1.29 is 0 Å². The number of anilines is 1. The van der Waals surface area contributed by atoms with Crippen LogP contribution in [-0.2, 0) is 0 Å². The molecule has 0 aliphatic carbocycles. The molecule has 0 aromatic carbocycles. The zero-order valence-corrected chi connectivity index (χ0v) is 10.7. The lowest BCUT2D eigenvalue weighted by Gasteiger charge is -2.14. The Bertz CT molecular complexity index is 525. The van der Waals surface area contributed by atoms with Crippen molar-refractivity contribution in [3.05, 3.63) is 23.9 Å². The minimum atomic E-state index is 0.436. The van der Waals surface area contributed by atoms with E-state index in [1.807, 2.05) is 22.8 Å². The Hall–Kier alpha value is -1.62. The molecule has 1 saturated heterocycles. The van der Waals surface area contributed by atoms with Gasteiger partial charge in [0.1, 0.15) is 0 Å². The van der Waals surface area contributed by atoms with Gasteiger partial charge in [0.25, 0.3) is 0 Å². The number of aromatic nitrogens is 3. The van der Waals surface area contributed by atoms with Crippen LogP contribution in [0.15, 0.2) is 18.3 Å². The predicted octanol–water partition coefficient (Wildman–Crippen LogP) is 1.59. The summed E-state index contributed by atoms with van der Waals surface area (Å²) >= 11 is 0. The first-order valence-electron chi connectivity index (χ1n) is 6.61. The topological polar surface area (TPSA) is 54.2 Å². The maximum Gasteiger partial charge on any atom is 0.243 e. The van der Waals surface area contributed by atoms with E-state index in [1.165, 1.54) is 24.8 Å². The van der Waals surface area contributed by atoms with E-state index in [1.54, 1.807) is 0 Å². The number of nitrogens with one attached hydrogen (secondary N) is 2. The van der Waals surface area contributed by atoms with Gasteiger partial charge >= 0.3 is 0 Å². The van der Waals surface area contributed by atoms with Crippen LogP contribution in [0.1, 0.15) is 24.8 Å². The minimum absolute atomic E-state index is 0.436. The highest BCUT2D eigenvalue weighted by molar-refractivity contribution is 5.45. The number of pyridine rings is 1. The van der Waals surface area contributed by atoms with Crippen molar-refractivity contribution in [1.82, 2.24) is 19.9 Å². The van der Waals surface area contributed by atoms with Crippen molar-refractivity contribution in [1.29, 1.82) is 0 Å². The van der Waals surface area contributed by atoms with Crippen LogP contribution >= 0.6 is 0 Å². The van der Waals surface area contributed by atoms with E-state index in [2.05, 4.69) is 27.6 Å². The summed E-state index contributed by atoms with van der Waals surface area (Å²) in [6.45, 7) is 4.18. The molecule has 1 unspecified atom stereocenters. The van der Waals surface area contributed by atoms with E-state index in [4.69, 9.17) is 0 Å². The molecule has 3 rings (SSSR count). The van der Waals surface area contributed by atoms with Gasteiger partial charge in [-0.15, -0.1) is 5.10 Å². The molecule has 1 aliphatic heterocycles. The maximum absolute atomic E-state index is 4.51. The molecule has 3 heterocycles. The third-order valence-electron chi connectivity index (χ3n) is 3.37. The molecule has 2 aromatic heterocycles. The highest BCUT2D eigenvalue weighted by Gasteiger charge is 2.13. The molecule has 96 valence electrons. The Kier molecular flexibility index (Phi) is 3.15. The molecule has 1 fully saturated rings. The van der Waals surface area contributed by atoms with Gasteiger partial charge in [0.05, 0.1) is 0 Å². The maximum atomic E-state index is 4.51. The second kappa shape index (κ2) is 4.94. The SMILES string of the molecule is Cc1ccn2nc(NC3CCCCNC3)nc2c1. The second-order valence-corrected chi connectivity index (χ2v) is 4.98. The Morgan fingerprint density at radius 1 is 1.44 bits per heavy atom. The van der Waals surface area contributed by atoms with Crippen LogP contribution in [0.2, 0.25) is 0 Å². The van der Waals surface area contributed by atoms with Gasteiger partial charge in [-0.2, -0.15) is 4.98 Å². The van der Waals surface area contributed by atoms with E-state index in [-0.39, 0.29) is 0 Å². The molecule has 1 aliphatic rings. The van der Waals surface area contributed by atoms with Crippen molar-refractivity contribution in [2.75, 3.05) is 18.4 Å². The van der Waals surface area contributed by atoms with E-state index in [9.17, 15) is 0 Å². The van der Waals surface area contributed by atoms with Crippen molar-refractivity contribution >= 4 is 11.6 Å². The fraction of sp³-hybridized carbons (Fsp3) is 0.538. The standard InChI is InChI=1S/C13H19N5/c1-10-5-7-18-12(8-10)16-13(17-18)15-11-4-2-3-6-14-9-11/h5,7-8,11,14H,2-4,6,9H2,1H3,(H,15,17). The lowest BCUT2D eigenvalue weighted by atomic mass is 10.1. The Morgan fingerprint density at radius 3 is 3.33 bits per heavy atom. The van der Waals surface area contributed by atoms with Gasteiger partial charge in [-0.05, 0) is 44.0 Å². The average Bonchev–Trinajstić information content (AvgIpc) is 2.57. The first-order chi connectivity index (χ1) is 8.81. The van der Waals surface area contributed by atoms with Crippen molar-refractivity contribution in [3.63, 3.8) is 0 Å². The number of rotatable bonds is 2. The highest BCUT2D eigenvalue weighted by Crippen LogP contribution is 2.12. The molecule has 5 heteroatoms. The van der Waals surface area contributed by atoms with Crippen LogP contribution in [0.25, 0.3) is 5.65 Å². The molecule has 0 bridgehead atoms. The summed E-state index contributed by atoms with van der Waals surface area (Å²) in [7, 11) is 0. The molecule has 2 aromatic rings. The lowest BCUT2D eigenvalue weighted by Crippen LogP contribution is -2.31. The second-order valence-electron chi connectivity index (χ2n) is 4.98. The molecule has 18 heavy (non-hydrogen) atoms. The van der Waals surface area contributed by atoms with Gasteiger partial charge in [0, 0.05) is 18.8 Å². The third-order valence-corrected chi connectivity index (χ3v) is 3.37. The normalized spacial score (nSPS) is 20.8. The van der Waals surface area contributed by atoms with Gasteiger partial charge in [0.15, 0.2) is 5.65 Å². The van der Waals surface area contributed by atoms with Crippen molar-refractivity contribution in [2.45, 2.75) is 32.2 Å². The van der Waals surface area contributed by atoms with Crippen molar-refractivity contribution in [2.24, 2.45) is 0 Å². The smallest absolute Gasteiger partial charge is 0.243 e. The van der Waals surface area contributed by atoms with Crippen molar-refractivity contribution in [3.8, 4) is 0 Å². The summed E-state index contributed by atoms with van der Waals surface area (Å²) in [5.74, 6) is 0.731. The number of aryl methyl sites for hydroxylation is 1. The monoisotopic (exact) mass is 245 g/mol. The molecule has 2 N–H and O–H groups in total. The summed E-state index contributed by atoms with van der Waals surface area (Å²) in [5, 5.41) is 11.3. The van der Waals surface area contributed by atoms with Gasteiger partial charge < -0.3 is 10.6 Å². The molecule has 1 atom stereocenters. The molecule has 0 spiro atoms. The van der Waals surface area contributed by atoms with E-state index >= 15 is 0 Å². The Balaban J connectivity index is 1.77. The summed E-state index contributed by atoms with van der Waals surface area (Å²) in [5.41, 5.74) is 2.11. The molecule has 0 saturated carbocycles. The minimum Gasteiger partial charge on any atom is -0.349 e. The van der Waals surface area contributed by atoms with Gasteiger partial charge in [-0.3, -0.25) is 0 Å². The zero-order valence-electron chi connectivity index (χ0n) is 10.7. The number of hydrogen-bond donors (Lipinski definition) is 2. The zero-order chi connectivity index (χ0) is 12.4. The summed E-state index contributed by atoms with van der Waals surface area (Å²) in [6, 6.07) is 4.52. The molecule has 5 nitrogen and oxygen atoms in total. The van der Waals surface area contributed by atoms with Gasteiger partial charge in [-0.25, -0.2) is 4.52 Å². The Labute approximate surface area is 107 Å². The number of hydrogen-bond acceptors (Lipinski definition) is 4. The summed E-state index contributed by atoms with van der Waals surface area (Å²) < 4.78 is 1.82. The highest BCUT2D eigenvalue weighted by atomic mass is 15.3. The molecule has 0 amide bonds. The number of fused-ring (bicyclic) bond motifs is 1. The molecule has 0 radical (unpaired) electrons. The van der Waals surface area contributed by atoms with Crippen LogP contribution in [-0.4, -0.2) is 33.7 Å². The fourth-order valence-corrected chi connectivity index (χ4v) is 2.37. The first-order valence-corrected chi connectivity index (χ1v) is 6.61. The van der Waals surface area contributed by atoms with E-state index in [0.717, 1.165) is 24.7 Å². The summed E-state index contributed by atoms with van der Waals surface area (Å²) in [4.78, 5) is 4.51. The fourth-order valence-electron chi connectivity index (χ4n) is 2.37. The Morgan fingerprint density at radius 2 is 2.39 bits per heavy atom. The van der Waals surface area contributed by atoms with Crippen LogP contribution in [0, 0.1) is 6.92 Å². The number of nitrogens with zero attached hydrogens (tertiary/aromatic N) is 3. The molecular formula is C13H19N5. The van der Waals surface area contributed by atoms with E-state index in [0.29, 0.717) is 6.04 Å². The van der Waals surface area contributed by atoms with Crippen LogP contribution in [0.3, 0.4) is 0 Å². The third kappa shape index (κ3) is 2.46. The predicted molar refractivity (Wildman–Crippen MR) is 71.9 cm³/mol. The quantitative estimate of drug-likeness (QED) is 0.843. The summed E-state index contributed by atoms with van der Waals surface area (Å²) in [6.07, 6.45) is 5.66. The van der Waals surface area contributed by atoms with Crippen LogP contribution < -0.4 is 10.6 Å². The van der Waals surface area contributed by atoms with Gasteiger partial charge in [0.2, 0.25) is 5.95 Å². The first kappa shape index (κ1) is 11.5. The van der Waals surface area contributed by atoms with E-state index < -0.39 is 0 Å². The van der Waals surface area contributed by atoms with Crippen LogP contribution in [0.5, 0.6) is 0 Å². The lowest BCUT2D eigenvalue weighted by molar-refractivity contribution is 0.631. The van der Waals surface area contributed by atoms with Gasteiger partial charge in [-0.1, -0.05) is 6.42 Å².